The zero-order valence-corrected chi connectivity index (χ0v) is 39.5. The van der Waals surface area contributed by atoms with Crippen molar-refractivity contribution in [3.8, 4) is 11.5 Å². The van der Waals surface area contributed by atoms with Crippen molar-refractivity contribution in [3.63, 3.8) is 0 Å². The number of H-pyrrole nitrogens is 1. The number of morpholine rings is 1. The maximum Gasteiger partial charge on any atom is 0.280 e. The van der Waals surface area contributed by atoms with Gasteiger partial charge in [0.2, 0.25) is 11.9 Å². The summed E-state index contributed by atoms with van der Waals surface area (Å²) in [5, 5.41) is 2.75. The van der Waals surface area contributed by atoms with E-state index in [-0.39, 0.29) is 42.5 Å². The summed E-state index contributed by atoms with van der Waals surface area (Å²) in [7, 11) is 0.853. The van der Waals surface area contributed by atoms with Gasteiger partial charge in [-0.05, 0) is 71.4 Å². The summed E-state index contributed by atoms with van der Waals surface area (Å²) < 4.78 is 35.7. The molecule has 1 fully saturated rings. The Morgan fingerprint density at radius 3 is 1.89 bits per heavy atom. The van der Waals surface area contributed by atoms with E-state index in [9.17, 15) is 9.59 Å². The average molecular weight is 867 g/mol. The van der Waals surface area contributed by atoms with Gasteiger partial charge in [-0.3, -0.25) is 29.4 Å². The molecule has 0 radical (unpaired) electrons. The number of fused-ring (bicyclic) bond motifs is 1. The van der Waals surface area contributed by atoms with Gasteiger partial charge in [-0.15, -0.1) is 0 Å². The molecule has 0 spiro atoms. The summed E-state index contributed by atoms with van der Waals surface area (Å²) in [5.41, 5.74) is 1.45. The van der Waals surface area contributed by atoms with E-state index >= 15 is 0 Å². The lowest BCUT2D eigenvalue weighted by Crippen LogP contribution is -2.62. The van der Waals surface area contributed by atoms with Crippen LogP contribution in [-0.2, 0) is 24.3 Å². The van der Waals surface area contributed by atoms with Gasteiger partial charge in [0.05, 0.1) is 33.8 Å². The summed E-state index contributed by atoms with van der Waals surface area (Å²) in [5.74, 6) is 0.914. The van der Waals surface area contributed by atoms with Crippen molar-refractivity contribution in [2.24, 2.45) is 5.92 Å². The van der Waals surface area contributed by atoms with Gasteiger partial charge < -0.3 is 23.4 Å². The third kappa shape index (κ3) is 9.26. The van der Waals surface area contributed by atoms with Crippen LogP contribution >= 0.6 is 0 Å². The Balaban J connectivity index is 1.55. The summed E-state index contributed by atoms with van der Waals surface area (Å²) in [4.78, 5) is 40.5. The molecule has 1 saturated heterocycles. The van der Waals surface area contributed by atoms with Crippen LogP contribution in [-0.4, -0.2) is 90.8 Å². The number of aromatic nitrogens is 4. The molecule has 5 aromatic rings. The van der Waals surface area contributed by atoms with Gasteiger partial charge in [-0.1, -0.05) is 110 Å². The number of anilines is 1. The van der Waals surface area contributed by atoms with Gasteiger partial charge in [0.1, 0.15) is 28.9 Å². The quantitative estimate of drug-likeness (QED) is 0.0648. The fourth-order valence-electron chi connectivity index (χ4n) is 9.27. The Kier molecular flexibility index (Phi) is 14.5. The van der Waals surface area contributed by atoms with E-state index in [2.05, 4.69) is 112 Å². The number of carbonyl (C=O) groups is 1. The van der Waals surface area contributed by atoms with Gasteiger partial charge in [-0.2, -0.15) is 4.98 Å². The number of nitrogens with zero attached hydrogens (tertiary/aromatic N) is 4. The number of amides is 1. The summed E-state index contributed by atoms with van der Waals surface area (Å²) in [6.45, 7) is 22.9. The van der Waals surface area contributed by atoms with Crippen molar-refractivity contribution in [2.75, 3.05) is 45.8 Å². The molecule has 334 valence electrons. The highest BCUT2D eigenvalue weighted by Gasteiger charge is 2.51. The molecule has 3 heterocycles. The molecular formula is C48H66N6O7Si. The predicted octanol–water partition coefficient (Wildman–Crippen LogP) is 8.91. The van der Waals surface area contributed by atoms with E-state index in [0.29, 0.717) is 35.4 Å². The topological polar surface area (TPSA) is 142 Å². The first kappa shape index (κ1) is 46.6. The number of imidazole rings is 1. The molecule has 2 aromatic heterocycles. The normalized spacial score (nSPS) is 17.8. The number of methoxy groups -OCH3 is 2. The molecule has 1 aliphatic heterocycles. The summed E-state index contributed by atoms with van der Waals surface area (Å²) in [6.07, 6.45) is 0.924. The molecule has 1 aliphatic rings. The van der Waals surface area contributed by atoms with Crippen LogP contribution in [0.25, 0.3) is 11.2 Å². The van der Waals surface area contributed by atoms with E-state index in [0.717, 1.165) is 28.2 Å². The van der Waals surface area contributed by atoms with E-state index in [1.165, 1.54) is 0 Å². The molecule has 13 nitrogen and oxygen atoms in total. The zero-order chi connectivity index (χ0) is 45.0. The van der Waals surface area contributed by atoms with Crippen LogP contribution in [0.3, 0.4) is 0 Å². The number of nitrogens with one attached hydrogen (secondary N) is 2. The number of benzene rings is 3. The number of ether oxygens (including phenoxy) is 4. The van der Waals surface area contributed by atoms with Crippen LogP contribution in [0.4, 0.5) is 5.95 Å². The van der Waals surface area contributed by atoms with Crippen LogP contribution in [0.1, 0.15) is 92.2 Å². The molecule has 6 rings (SSSR count). The maximum atomic E-state index is 13.4. The molecule has 14 heteroatoms. The lowest BCUT2D eigenvalue weighted by molar-refractivity contribution is -0.230. The van der Waals surface area contributed by atoms with Gasteiger partial charge in [0, 0.05) is 25.0 Å². The molecule has 0 bridgehead atoms. The van der Waals surface area contributed by atoms with Crippen molar-refractivity contribution < 1.29 is 28.2 Å². The molecule has 2 N–H and O–H groups in total. The van der Waals surface area contributed by atoms with Gasteiger partial charge in [-0.25, -0.2) is 4.98 Å². The van der Waals surface area contributed by atoms with E-state index in [1.807, 2.05) is 42.5 Å². The minimum absolute atomic E-state index is 0.0469. The fraction of sp³-hybridized carbons (Fsp3) is 0.500. The van der Waals surface area contributed by atoms with E-state index < -0.39 is 31.3 Å². The van der Waals surface area contributed by atoms with Crippen LogP contribution < -0.4 is 20.3 Å². The number of carbonyl (C=O) groups excluding carboxylic acids is 1. The van der Waals surface area contributed by atoms with Crippen LogP contribution in [0.5, 0.6) is 11.5 Å². The van der Waals surface area contributed by atoms with Crippen LogP contribution in [0.2, 0.25) is 16.6 Å². The van der Waals surface area contributed by atoms with E-state index in [4.69, 9.17) is 28.4 Å². The van der Waals surface area contributed by atoms with Gasteiger partial charge in [0.25, 0.3) is 5.56 Å². The molecule has 1 amide bonds. The first-order valence-electron chi connectivity index (χ1n) is 21.8. The Bertz CT molecular complexity index is 2240. The third-order valence-corrected chi connectivity index (χ3v) is 18.6. The molecule has 0 saturated carbocycles. The monoisotopic (exact) mass is 866 g/mol. The highest BCUT2D eigenvalue weighted by atomic mass is 28.4. The standard InChI is InChI=1S/C48H66N6O7Si/c1-31(2)44(55)51-46-50-43-42(45(56)52-46)49-30-54(43)41-26-53(32(3)4)27-47(61-41,29-60-62(33(5)6,34(7)8)35(9)10)28-59-48(36-16-14-13-15-17-36,37-18-22-39(57-11)23-19-37)38-20-24-40(58-12)25-21-38/h13-25,30-35,41H,26-29H2,1-12H3,(H2,50,51,52,55,56)/t41-,47+/m1/s1. The maximum absolute atomic E-state index is 13.4. The second-order valence-electron chi connectivity index (χ2n) is 18.1. The SMILES string of the molecule is COc1ccc(C(OC[C@]2(CO[Si](C(C)C)(C(C)C)C(C)C)CN(C(C)C)C[C@H](n3cnc4c(=O)[nH]c(NC(=O)C(C)C)nc43)O2)(c2ccccc2)c2ccc(OC)cc2)cc1. The van der Waals surface area contributed by atoms with Crippen molar-refractivity contribution in [3.05, 3.63) is 112 Å². The van der Waals surface area contributed by atoms with Crippen molar-refractivity contribution >= 4 is 31.3 Å². The zero-order valence-electron chi connectivity index (χ0n) is 38.5. The lowest BCUT2D eigenvalue weighted by atomic mass is 9.79. The largest absolute Gasteiger partial charge is 0.497 e. The Morgan fingerprint density at radius 2 is 1.39 bits per heavy atom. The lowest BCUT2D eigenvalue weighted by Gasteiger charge is -2.51. The first-order chi connectivity index (χ1) is 29.5. The second-order valence-corrected chi connectivity index (χ2v) is 23.5. The van der Waals surface area contributed by atoms with Crippen LogP contribution in [0.15, 0.2) is 90.0 Å². The van der Waals surface area contributed by atoms with Crippen LogP contribution in [0, 0.1) is 5.92 Å². The highest BCUT2D eigenvalue weighted by molar-refractivity contribution is 6.77. The summed E-state index contributed by atoms with van der Waals surface area (Å²) in [6, 6.07) is 26.4. The molecule has 0 unspecified atom stereocenters. The van der Waals surface area contributed by atoms with E-state index in [1.54, 1.807) is 39.0 Å². The summed E-state index contributed by atoms with van der Waals surface area (Å²) >= 11 is 0. The Hall–Kier alpha value is -4.86. The number of hydrogen-bond donors (Lipinski definition) is 2. The highest BCUT2D eigenvalue weighted by Crippen LogP contribution is 2.46. The Labute approximate surface area is 367 Å². The second kappa shape index (κ2) is 19.3. The molecule has 62 heavy (non-hydrogen) atoms. The Morgan fingerprint density at radius 1 is 0.839 bits per heavy atom. The third-order valence-electron chi connectivity index (χ3n) is 12.5. The minimum Gasteiger partial charge on any atom is -0.497 e. The average Bonchev–Trinajstić information content (AvgIpc) is 3.69. The first-order valence-corrected chi connectivity index (χ1v) is 24.0. The predicted molar refractivity (Wildman–Crippen MR) is 246 cm³/mol. The number of aromatic amines is 1. The van der Waals surface area contributed by atoms with Gasteiger partial charge in [0.15, 0.2) is 19.5 Å². The minimum atomic E-state index is -2.47. The molecule has 0 aliphatic carbocycles. The smallest absolute Gasteiger partial charge is 0.280 e. The fourth-order valence-corrected chi connectivity index (χ4v) is 14.8. The van der Waals surface area contributed by atoms with Crippen molar-refractivity contribution in [1.82, 2.24) is 24.4 Å². The number of rotatable bonds is 18. The molecular weight excluding hydrogens is 801 g/mol. The van der Waals surface area contributed by atoms with Gasteiger partial charge >= 0.3 is 0 Å². The molecule has 2 atom stereocenters. The number of hydrogen-bond acceptors (Lipinski definition) is 10. The molecule has 3 aromatic carbocycles. The van der Waals surface area contributed by atoms with Crippen molar-refractivity contribution in [1.29, 1.82) is 0 Å². The van der Waals surface area contributed by atoms with Crippen molar-refractivity contribution in [2.45, 2.75) is 109 Å².